The highest BCUT2D eigenvalue weighted by molar-refractivity contribution is 5.82. The van der Waals surface area contributed by atoms with Crippen molar-refractivity contribution in [1.82, 2.24) is 10.6 Å². The van der Waals surface area contributed by atoms with Crippen LogP contribution in [0.1, 0.15) is 17.7 Å². The Morgan fingerprint density at radius 1 is 1.42 bits per heavy atom. The normalized spacial score (nSPS) is 10.9. The monoisotopic (exact) mass is 264 g/mol. The number of nitrogens with one attached hydrogen (secondary N) is 2. The van der Waals surface area contributed by atoms with Crippen LogP contribution in [-0.4, -0.2) is 19.5 Å². The summed E-state index contributed by atoms with van der Waals surface area (Å²) in [6.07, 6.45) is 0.421. The number of carbonyl (C=O) groups excluding carboxylic acids is 1. The Bertz CT molecular complexity index is 592. The number of benzene rings is 1. The molecule has 2 rings (SSSR count). The van der Waals surface area contributed by atoms with E-state index in [1.165, 1.54) is 12.1 Å². The van der Waals surface area contributed by atoms with Crippen molar-refractivity contribution in [2.45, 2.75) is 19.9 Å². The summed E-state index contributed by atoms with van der Waals surface area (Å²) < 4.78 is 18.8. The first-order valence-electron chi connectivity index (χ1n) is 6.20. The lowest BCUT2D eigenvalue weighted by atomic mass is 10.1. The van der Waals surface area contributed by atoms with Crippen LogP contribution >= 0.6 is 0 Å². The molecule has 0 spiro atoms. The molecule has 0 unspecified atom stereocenters. The van der Waals surface area contributed by atoms with E-state index in [1.54, 1.807) is 13.1 Å². The van der Waals surface area contributed by atoms with E-state index in [0.717, 1.165) is 10.9 Å². The predicted molar refractivity (Wildman–Crippen MR) is 71.3 cm³/mol. The van der Waals surface area contributed by atoms with Gasteiger partial charge in [-0.25, -0.2) is 4.39 Å². The van der Waals surface area contributed by atoms with Crippen LogP contribution in [0.3, 0.4) is 0 Å². The van der Waals surface area contributed by atoms with Crippen molar-refractivity contribution in [3.05, 3.63) is 35.3 Å². The maximum atomic E-state index is 13.2. The number of hydrogen-bond donors (Lipinski definition) is 2. The molecule has 0 aliphatic heterocycles. The molecular formula is C14H17FN2O2. The summed E-state index contributed by atoms with van der Waals surface area (Å²) in [7, 11) is 1.80. The SMILES string of the molecule is CNCCC(=O)NCc1oc2ccc(F)cc2c1C. The van der Waals surface area contributed by atoms with Crippen LogP contribution in [0.15, 0.2) is 22.6 Å². The van der Waals surface area contributed by atoms with E-state index in [4.69, 9.17) is 4.42 Å². The summed E-state index contributed by atoms with van der Waals surface area (Å²) in [6.45, 7) is 2.82. The molecule has 0 aliphatic rings. The van der Waals surface area contributed by atoms with Gasteiger partial charge in [-0.15, -0.1) is 0 Å². The number of rotatable bonds is 5. The molecule has 0 bridgehead atoms. The number of halogens is 1. The minimum Gasteiger partial charge on any atom is -0.459 e. The highest BCUT2D eigenvalue weighted by Gasteiger charge is 2.11. The van der Waals surface area contributed by atoms with Gasteiger partial charge in [-0.2, -0.15) is 0 Å². The number of amides is 1. The maximum absolute atomic E-state index is 13.2. The fraction of sp³-hybridized carbons (Fsp3) is 0.357. The summed E-state index contributed by atoms with van der Waals surface area (Å²) >= 11 is 0. The molecule has 1 aromatic heterocycles. The molecule has 0 fully saturated rings. The molecule has 2 N–H and O–H groups in total. The van der Waals surface area contributed by atoms with Gasteiger partial charge in [0, 0.05) is 23.9 Å². The molecule has 0 saturated carbocycles. The smallest absolute Gasteiger partial charge is 0.221 e. The third kappa shape index (κ3) is 3.12. The van der Waals surface area contributed by atoms with E-state index >= 15 is 0 Å². The molecule has 0 saturated heterocycles. The summed E-state index contributed by atoms with van der Waals surface area (Å²) in [5.74, 6) is 0.333. The second kappa shape index (κ2) is 5.84. The molecule has 19 heavy (non-hydrogen) atoms. The Kier molecular flexibility index (Phi) is 4.16. The van der Waals surface area contributed by atoms with Gasteiger partial charge in [0.15, 0.2) is 0 Å². The van der Waals surface area contributed by atoms with Gasteiger partial charge in [0.25, 0.3) is 0 Å². The van der Waals surface area contributed by atoms with Crippen molar-refractivity contribution >= 4 is 16.9 Å². The van der Waals surface area contributed by atoms with Gasteiger partial charge in [0.05, 0.1) is 6.54 Å². The van der Waals surface area contributed by atoms with E-state index in [1.807, 2.05) is 6.92 Å². The molecule has 1 aromatic carbocycles. The van der Waals surface area contributed by atoms with E-state index in [-0.39, 0.29) is 11.7 Å². The average Bonchev–Trinajstić information content (AvgIpc) is 2.71. The molecule has 0 aliphatic carbocycles. The summed E-state index contributed by atoms with van der Waals surface area (Å²) in [5.41, 5.74) is 1.50. The van der Waals surface area contributed by atoms with Crippen LogP contribution < -0.4 is 10.6 Å². The lowest BCUT2D eigenvalue weighted by Gasteiger charge is -2.03. The fourth-order valence-electron chi connectivity index (χ4n) is 1.92. The van der Waals surface area contributed by atoms with Crippen LogP contribution in [0, 0.1) is 12.7 Å². The Labute approximate surface area is 111 Å². The van der Waals surface area contributed by atoms with Crippen molar-refractivity contribution in [3.8, 4) is 0 Å². The summed E-state index contributed by atoms with van der Waals surface area (Å²) in [6, 6.07) is 4.41. The standard InChI is InChI=1S/C14H17FN2O2/c1-9-11-7-10(15)3-4-12(11)19-13(9)8-17-14(18)5-6-16-2/h3-4,7,16H,5-6,8H2,1-2H3,(H,17,18). The van der Waals surface area contributed by atoms with Gasteiger partial charge in [0.2, 0.25) is 5.91 Å². The largest absolute Gasteiger partial charge is 0.459 e. The van der Waals surface area contributed by atoms with Crippen molar-refractivity contribution in [1.29, 1.82) is 0 Å². The summed E-state index contributed by atoms with van der Waals surface area (Å²) in [5, 5.41) is 6.44. The number of carbonyl (C=O) groups is 1. The van der Waals surface area contributed by atoms with Gasteiger partial charge in [-0.1, -0.05) is 0 Å². The van der Waals surface area contributed by atoms with Crippen molar-refractivity contribution in [3.63, 3.8) is 0 Å². The summed E-state index contributed by atoms with van der Waals surface area (Å²) in [4.78, 5) is 11.5. The Balaban J connectivity index is 2.09. The molecular weight excluding hydrogens is 247 g/mol. The third-order valence-corrected chi connectivity index (χ3v) is 3.05. The number of hydrogen-bond acceptors (Lipinski definition) is 3. The van der Waals surface area contributed by atoms with E-state index in [9.17, 15) is 9.18 Å². The molecule has 5 heteroatoms. The molecule has 0 radical (unpaired) electrons. The number of fused-ring (bicyclic) bond motifs is 1. The van der Waals surface area contributed by atoms with Gasteiger partial charge in [-0.05, 0) is 32.2 Å². The van der Waals surface area contributed by atoms with Crippen molar-refractivity contribution in [2.75, 3.05) is 13.6 Å². The first-order chi connectivity index (χ1) is 9.11. The lowest BCUT2D eigenvalue weighted by molar-refractivity contribution is -0.121. The molecule has 2 aromatic rings. The van der Waals surface area contributed by atoms with Gasteiger partial charge in [-0.3, -0.25) is 4.79 Å². The van der Waals surface area contributed by atoms with Gasteiger partial charge >= 0.3 is 0 Å². The first kappa shape index (κ1) is 13.5. The van der Waals surface area contributed by atoms with Crippen molar-refractivity contribution in [2.24, 2.45) is 0 Å². The predicted octanol–water partition coefficient (Wildman–Crippen LogP) is 2.11. The van der Waals surface area contributed by atoms with Crippen LogP contribution in [0.5, 0.6) is 0 Å². The zero-order chi connectivity index (χ0) is 13.8. The molecule has 1 amide bonds. The fourth-order valence-corrected chi connectivity index (χ4v) is 1.92. The second-order valence-electron chi connectivity index (χ2n) is 4.42. The van der Waals surface area contributed by atoms with Crippen molar-refractivity contribution < 1.29 is 13.6 Å². The quantitative estimate of drug-likeness (QED) is 0.869. The second-order valence-corrected chi connectivity index (χ2v) is 4.42. The van der Waals surface area contributed by atoms with Crippen LogP contribution in [-0.2, 0) is 11.3 Å². The van der Waals surface area contributed by atoms with E-state index < -0.39 is 0 Å². The zero-order valence-electron chi connectivity index (χ0n) is 11.0. The Morgan fingerprint density at radius 2 is 2.21 bits per heavy atom. The van der Waals surface area contributed by atoms with Crippen LogP contribution in [0.2, 0.25) is 0 Å². The average molecular weight is 264 g/mol. The minimum atomic E-state index is -0.291. The Hall–Kier alpha value is -1.88. The third-order valence-electron chi connectivity index (χ3n) is 3.05. The maximum Gasteiger partial charge on any atom is 0.221 e. The van der Waals surface area contributed by atoms with Crippen LogP contribution in [0.25, 0.3) is 11.0 Å². The first-order valence-corrected chi connectivity index (χ1v) is 6.20. The van der Waals surface area contributed by atoms with Gasteiger partial charge < -0.3 is 15.1 Å². The number of aryl methyl sites for hydroxylation is 1. The van der Waals surface area contributed by atoms with Crippen LogP contribution in [0.4, 0.5) is 4.39 Å². The Morgan fingerprint density at radius 3 is 2.95 bits per heavy atom. The molecule has 4 nitrogen and oxygen atoms in total. The zero-order valence-corrected chi connectivity index (χ0v) is 11.0. The highest BCUT2D eigenvalue weighted by Crippen LogP contribution is 2.25. The molecule has 102 valence electrons. The van der Waals surface area contributed by atoms with E-state index in [0.29, 0.717) is 30.9 Å². The molecule has 0 atom stereocenters. The topological polar surface area (TPSA) is 54.3 Å². The van der Waals surface area contributed by atoms with E-state index in [2.05, 4.69) is 10.6 Å². The lowest BCUT2D eigenvalue weighted by Crippen LogP contribution is -2.26. The number of furan rings is 1. The highest BCUT2D eigenvalue weighted by atomic mass is 19.1. The minimum absolute atomic E-state index is 0.0413. The molecule has 1 heterocycles. The van der Waals surface area contributed by atoms with Gasteiger partial charge in [0.1, 0.15) is 17.2 Å².